The summed E-state index contributed by atoms with van der Waals surface area (Å²) in [4.78, 5) is 45.2. The van der Waals surface area contributed by atoms with Crippen molar-refractivity contribution in [3.63, 3.8) is 0 Å². The number of nitrogens with zero attached hydrogens (tertiary/aromatic N) is 3. The molecule has 0 aliphatic heterocycles. The first-order valence-corrected chi connectivity index (χ1v) is 16.4. The van der Waals surface area contributed by atoms with Crippen LogP contribution in [-0.2, 0) is 16.6 Å². The second kappa shape index (κ2) is 12.5. The van der Waals surface area contributed by atoms with E-state index in [0.717, 1.165) is 59.2 Å². The van der Waals surface area contributed by atoms with E-state index in [0.29, 0.717) is 35.6 Å². The van der Waals surface area contributed by atoms with Crippen LogP contribution in [0.2, 0.25) is 0 Å². The molecule has 45 heavy (non-hydrogen) atoms. The maximum Gasteiger partial charge on any atom is 0.328 e. The van der Waals surface area contributed by atoms with Crippen molar-refractivity contribution in [1.29, 1.82) is 0 Å². The first-order valence-electron chi connectivity index (χ1n) is 15.6. The second-order valence-electron chi connectivity index (χ2n) is 12.4. The van der Waals surface area contributed by atoms with Crippen LogP contribution >= 0.6 is 11.3 Å². The second-order valence-corrected chi connectivity index (χ2v) is 13.3. The Morgan fingerprint density at radius 3 is 2.40 bits per heavy atom. The van der Waals surface area contributed by atoms with Crippen LogP contribution in [0, 0.1) is 0 Å². The van der Waals surface area contributed by atoms with E-state index in [1.54, 1.807) is 35.6 Å². The van der Waals surface area contributed by atoms with E-state index in [9.17, 15) is 14.4 Å². The van der Waals surface area contributed by atoms with Crippen molar-refractivity contribution >= 4 is 56.9 Å². The lowest BCUT2D eigenvalue weighted by atomic mass is 9.93. The van der Waals surface area contributed by atoms with E-state index in [1.807, 2.05) is 31.1 Å². The average molecular weight is 626 g/mol. The van der Waals surface area contributed by atoms with Crippen molar-refractivity contribution in [1.82, 2.24) is 14.9 Å². The number of rotatable bonds is 9. The van der Waals surface area contributed by atoms with Crippen LogP contribution in [0.25, 0.3) is 28.4 Å². The third-order valence-corrected chi connectivity index (χ3v) is 10.2. The van der Waals surface area contributed by atoms with Gasteiger partial charge in [0.05, 0.1) is 5.69 Å². The standard InChI is InChI=1S/C35H39N5O4S/c1-39(2)34-37-27(21-45-34)31-30(23-8-4-5-9-23)26-16-13-24(20-28(26)40(31)3)32(43)38-35(18-6-7-19-35)33(44)36-25-14-10-22(11-15-25)12-17-29(41)42/h10-17,20-21,23H,4-9,18-19H2,1-3H3,(H,36,44)(H,38,43)(H,41,42)/b17-12+. The van der Waals surface area contributed by atoms with Crippen molar-refractivity contribution in [3.8, 4) is 11.4 Å². The van der Waals surface area contributed by atoms with E-state index < -0.39 is 11.5 Å². The molecular weight excluding hydrogens is 586 g/mol. The van der Waals surface area contributed by atoms with Gasteiger partial charge in [-0.2, -0.15) is 0 Å². The summed E-state index contributed by atoms with van der Waals surface area (Å²) in [5.41, 5.74) is 5.20. The molecule has 10 heteroatoms. The Hall–Kier alpha value is -4.44. The van der Waals surface area contributed by atoms with Gasteiger partial charge in [0.25, 0.3) is 5.91 Å². The Balaban J connectivity index is 1.28. The van der Waals surface area contributed by atoms with Crippen LogP contribution in [0.3, 0.4) is 0 Å². The summed E-state index contributed by atoms with van der Waals surface area (Å²) in [6, 6.07) is 12.9. The summed E-state index contributed by atoms with van der Waals surface area (Å²) < 4.78 is 2.18. The van der Waals surface area contributed by atoms with Gasteiger partial charge in [0, 0.05) is 54.8 Å². The zero-order valence-corrected chi connectivity index (χ0v) is 26.7. The highest BCUT2D eigenvalue weighted by Gasteiger charge is 2.42. The zero-order valence-electron chi connectivity index (χ0n) is 25.9. The lowest BCUT2D eigenvalue weighted by Crippen LogP contribution is -2.55. The Morgan fingerprint density at radius 1 is 1.04 bits per heavy atom. The number of carboxylic acids is 1. The molecule has 2 amide bonds. The highest BCUT2D eigenvalue weighted by atomic mass is 32.1. The number of fused-ring (bicyclic) bond motifs is 1. The Labute approximate surface area is 267 Å². The molecule has 2 aromatic heterocycles. The number of aliphatic carboxylic acids is 1. The average Bonchev–Trinajstić information content (AvgIpc) is 3.84. The quantitative estimate of drug-likeness (QED) is 0.176. The molecule has 0 radical (unpaired) electrons. The maximum absolute atomic E-state index is 13.8. The van der Waals surface area contributed by atoms with Crippen LogP contribution in [0.1, 0.15) is 78.8 Å². The predicted molar refractivity (Wildman–Crippen MR) is 180 cm³/mol. The van der Waals surface area contributed by atoms with Crippen LogP contribution in [-0.4, -0.2) is 52.1 Å². The summed E-state index contributed by atoms with van der Waals surface area (Å²) in [5.74, 6) is -1.07. The molecule has 2 aliphatic rings. The molecule has 9 nitrogen and oxygen atoms in total. The molecule has 2 fully saturated rings. The number of carbonyl (C=O) groups excluding carboxylic acids is 2. The number of anilines is 2. The Bertz CT molecular complexity index is 1770. The van der Waals surface area contributed by atoms with Crippen molar-refractivity contribution in [2.24, 2.45) is 7.05 Å². The van der Waals surface area contributed by atoms with Gasteiger partial charge in [-0.05, 0) is 73.1 Å². The maximum atomic E-state index is 13.8. The van der Waals surface area contributed by atoms with Gasteiger partial charge in [-0.1, -0.05) is 43.9 Å². The summed E-state index contributed by atoms with van der Waals surface area (Å²) >= 11 is 1.63. The van der Waals surface area contributed by atoms with Crippen molar-refractivity contribution in [3.05, 3.63) is 70.6 Å². The van der Waals surface area contributed by atoms with Crippen molar-refractivity contribution < 1.29 is 19.5 Å². The van der Waals surface area contributed by atoms with Gasteiger partial charge >= 0.3 is 5.97 Å². The van der Waals surface area contributed by atoms with Gasteiger partial charge in [-0.15, -0.1) is 11.3 Å². The number of thiazole rings is 1. The lowest BCUT2D eigenvalue weighted by Gasteiger charge is -2.29. The third-order valence-electron chi connectivity index (χ3n) is 9.21. The smallest absolute Gasteiger partial charge is 0.328 e. The number of benzene rings is 2. The largest absolute Gasteiger partial charge is 0.478 e. The minimum atomic E-state index is -1.02. The number of aromatic nitrogens is 2. The number of hydrogen-bond acceptors (Lipinski definition) is 6. The number of carboxylic acid groups (broad SMARTS) is 1. The SMILES string of the molecule is CN(C)c1nc(-c2c(C3CCCC3)c3ccc(C(=O)NC4(C(=O)Nc5ccc(/C=C/C(=O)O)cc5)CCCC4)cc3n2C)cs1. The molecule has 2 aromatic carbocycles. The number of carbonyl (C=O) groups is 3. The Kier molecular flexibility index (Phi) is 8.50. The van der Waals surface area contributed by atoms with Gasteiger partial charge in [0.1, 0.15) is 11.2 Å². The summed E-state index contributed by atoms with van der Waals surface area (Å²) in [6.45, 7) is 0. The van der Waals surface area contributed by atoms with E-state index in [4.69, 9.17) is 10.1 Å². The minimum absolute atomic E-state index is 0.242. The third kappa shape index (κ3) is 6.11. The number of nitrogens with one attached hydrogen (secondary N) is 2. The first kappa shape index (κ1) is 30.6. The fourth-order valence-corrected chi connectivity index (χ4v) is 7.64. The van der Waals surface area contributed by atoms with Crippen molar-refractivity contribution in [2.45, 2.75) is 62.8 Å². The molecule has 0 saturated heterocycles. The fraction of sp³-hybridized carbons (Fsp3) is 0.371. The number of hydrogen-bond donors (Lipinski definition) is 3. The monoisotopic (exact) mass is 625 g/mol. The fourth-order valence-electron chi connectivity index (χ4n) is 6.90. The molecule has 2 aliphatic carbocycles. The van der Waals surface area contributed by atoms with Gasteiger partial charge in [0.2, 0.25) is 5.91 Å². The van der Waals surface area contributed by atoms with Gasteiger partial charge in [-0.3, -0.25) is 9.59 Å². The van der Waals surface area contributed by atoms with E-state index in [-0.39, 0.29) is 11.8 Å². The predicted octanol–water partition coefficient (Wildman–Crippen LogP) is 6.80. The molecule has 4 aromatic rings. The van der Waals surface area contributed by atoms with E-state index in [2.05, 4.69) is 33.7 Å². The zero-order chi connectivity index (χ0) is 31.7. The van der Waals surface area contributed by atoms with E-state index in [1.165, 1.54) is 24.5 Å². The molecule has 2 saturated carbocycles. The normalized spacial score (nSPS) is 16.4. The number of amides is 2. The van der Waals surface area contributed by atoms with E-state index >= 15 is 0 Å². The van der Waals surface area contributed by atoms with Crippen LogP contribution in [0.5, 0.6) is 0 Å². The summed E-state index contributed by atoms with van der Waals surface area (Å²) in [5, 5.41) is 19.2. The summed E-state index contributed by atoms with van der Waals surface area (Å²) in [7, 11) is 6.06. The highest BCUT2D eigenvalue weighted by Crippen LogP contribution is 2.45. The number of aryl methyl sites for hydroxylation is 1. The lowest BCUT2D eigenvalue weighted by molar-refractivity contribution is -0.131. The minimum Gasteiger partial charge on any atom is -0.478 e. The highest BCUT2D eigenvalue weighted by molar-refractivity contribution is 7.14. The van der Waals surface area contributed by atoms with Crippen molar-refractivity contribution in [2.75, 3.05) is 24.3 Å². The molecule has 0 atom stereocenters. The van der Waals surface area contributed by atoms with Gasteiger partial charge in [-0.25, -0.2) is 9.78 Å². The molecule has 3 N–H and O–H groups in total. The molecule has 0 unspecified atom stereocenters. The van der Waals surface area contributed by atoms with Crippen LogP contribution in [0.4, 0.5) is 10.8 Å². The molecule has 0 spiro atoms. The van der Waals surface area contributed by atoms with Gasteiger partial charge < -0.3 is 25.2 Å². The molecule has 2 heterocycles. The molecule has 234 valence electrons. The van der Waals surface area contributed by atoms with Crippen LogP contribution < -0.4 is 15.5 Å². The molecular formula is C35H39N5O4S. The van der Waals surface area contributed by atoms with Crippen LogP contribution in [0.15, 0.2) is 53.9 Å². The Morgan fingerprint density at radius 2 is 1.76 bits per heavy atom. The summed E-state index contributed by atoms with van der Waals surface area (Å²) in [6.07, 6.45) is 10.1. The van der Waals surface area contributed by atoms with Gasteiger partial charge in [0.15, 0.2) is 5.13 Å². The first-order chi connectivity index (χ1) is 21.6. The molecule has 6 rings (SSSR count). The molecule has 0 bridgehead atoms. The topological polar surface area (TPSA) is 117 Å².